The summed E-state index contributed by atoms with van der Waals surface area (Å²) in [7, 11) is -3.62. The summed E-state index contributed by atoms with van der Waals surface area (Å²) >= 11 is 0. The van der Waals surface area contributed by atoms with Crippen molar-refractivity contribution in [2.75, 3.05) is 5.32 Å². The van der Waals surface area contributed by atoms with Gasteiger partial charge < -0.3 is 5.32 Å². The molecule has 0 radical (unpaired) electrons. The van der Waals surface area contributed by atoms with Crippen LogP contribution >= 0.6 is 0 Å². The predicted octanol–water partition coefficient (Wildman–Crippen LogP) is 2.32. The monoisotopic (exact) mass is 256 g/mol. The van der Waals surface area contributed by atoms with Crippen molar-refractivity contribution in [3.63, 3.8) is 0 Å². The number of nitrogens with one attached hydrogen (secondary N) is 1. The third kappa shape index (κ3) is 4.75. The first-order valence-electron chi connectivity index (χ1n) is 5.83. The highest BCUT2D eigenvalue weighted by molar-refractivity contribution is 7.89. The Morgan fingerprint density at radius 3 is 2.71 bits per heavy atom. The van der Waals surface area contributed by atoms with E-state index in [-0.39, 0.29) is 4.90 Å². The molecule has 3 N–H and O–H groups in total. The molecule has 1 atom stereocenters. The molecule has 0 saturated heterocycles. The molecule has 1 rings (SSSR count). The number of anilines is 1. The minimum Gasteiger partial charge on any atom is -0.383 e. The van der Waals surface area contributed by atoms with Crippen LogP contribution in [0.3, 0.4) is 0 Å². The smallest absolute Gasteiger partial charge is 0.238 e. The van der Waals surface area contributed by atoms with Gasteiger partial charge in [0.1, 0.15) is 0 Å². The molecule has 0 aromatic heterocycles. The normalized spacial score (nSPS) is 13.4. The fourth-order valence-corrected chi connectivity index (χ4v) is 2.19. The Labute approximate surface area is 103 Å². The van der Waals surface area contributed by atoms with Gasteiger partial charge >= 0.3 is 0 Å². The molecule has 1 aromatic carbocycles. The Balaban J connectivity index is 2.73. The van der Waals surface area contributed by atoms with Crippen LogP contribution in [-0.4, -0.2) is 14.5 Å². The number of benzene rings is 1. The standard InChI is InChI=1S/C12H20N2O2S/c1-3-4-6-10(2)14-11-7-5-8-12(9-11)17(13,15)16/h5,7-10,14H,3-4,6H2,1-2H3,(H2,13,15,16). The van der Waals surface area contributed by atoms with Gasteiger partial charge in [-0.25, -0.2) is 13.6 Å². The van der Waals surface area contributed by atoms with Gasteiger partial charge in [-0.3, -0.25) is 0 Å². The zero-order chi connectivity index (χ0) is 12.9. The third-order valence-corrected chi connectivity index (χ3v) is 3.48. The number of rotatable bonds is 6. The van der Waals surface area contributed by atoms with Gasteiger partial charge in [-0.05, 0) is 31.5 Å². The SMILES string of the molecule is CCCCC(C)Nc1cccc(S(N)(=O)=O)c1. The maximum atomic E-state index is 11.2. The summed E-state index contributed by atoms with van der Waals surface area (Å²) in [5.41, 5.74) is 0.792. The van der Waals surface area contributed by atoms with Crippen molar-refractivity contribution < 1.29 is 8.42 Å². The third-order valence-electron chi connectivity index (χ3n) is 2.57. The Bertz CT molecular complexity index is 457. The van der Waals surface area contributed by atoms with Gasteiger partial charge in [-0.1, -0.05) is 25.8 Å². The lowest BCUT2D eigenvalue weighted by atomic mass is 10.1. The largest absolute Gasteiger partial charge is 0.383 e. The second-order valence-corrected chi connectivity index (χ2v) is 5.82. The van der Waals surface area contributed by atoms with Crippen molar-refractivity contribution in [3.05, 3.63) is 24.3 Å². The first kappa shape index (κ1) is 14.0. The predicted molar refractivity (Wildman–Crippen MR) is 70.4 cm³/mol. The topological polar surface area (TPSA) is 72.2 Å². The van der Waals surface area contributed by atoms with E-state index in [1.807, 2.05) is 6.07 Å². The molecule has 0 fully saturated rings. The number of primary sulfonamides is 1. The molecule has 0 aliphatic carbocycles. The molecular formula is C12H20N2O2S. The van der Waals surface area contributed by atoms with E-state index in [2.05, 4.69) is 19.2 Å². The van der Waals surface area contributed by atoms with Crippen LogP contribution < -0.4 is 10.5 Å². The van der Waals surface area contributed by atoms with Crippen LogP contribution in [-0.2, 0) is 10.0 Å². The van der Waals surface area contributed by atoms with Crippen molar-refractivity contribution in [1.29, 1.82) is 0 Å². The number of nitrogens with two attached hydrogens (primary N) is 1. The van der Waals surface area contributed by atoms with Crippen molar-refractivity contribution in [2.45, 2.75) is 44.0 Å². The van der Waals surface area contributed by atoms with Gasteiger partial charge in [-0.2, -0.15) is 0 Å². The van der Waals surface area contributed by atoms with Gasteiger partial charge in [0.05, 0.1) is 4.90 Å². The lowest BCUT2D eigenvalue weighted by Gasteiger charge is -2.15. The summed E-state index contributed by atoms with van der Waals surface area (Å²) in [4.78, 5) is 0.144. The zero-order valence-electron chi connectivity index (χ0n) is 10.3. The van der Waals surface area contributed by atoms with Gasteiger partial charge in [0.15, 0.2) is 0 Å². The number of hydrogen-bond donors (Lipinski definition) is 2. The van der Waals surface area contributed by atoms with E-state index in [1.54, 1.807) is 12.1 Å². The molecular weight excluding hydrogens is 236 g/mol. The minimum absolute atomic E-state index is 0.144. The average Bonchev–Trinajstić information content (AvgIpc) is 2.25. The summed E-state index contributed by atoms with van der Waals surface area (Å²) in [5, 5.41) is 8.35. The fourth-order valence-electron chi connectivity index (χ4n) is 1.63. The van der Waals surface area contributed by atoms with E-state index in [0.29, 0.717) is 6.04 Å². The van der Waals surface area contributed by atoms with Gasteiger partial charge in [0.2, 0.25) is 10.0 Å². The molecule has 1 unspecified atom stereocenters. The van der Waals surface area contributed by atoms with Crippen LogP contribution in [0, 0.1) is 0 Å². The number of sulfonamides is 1. The molecule has 0 spiro atoms. The highest BCUT2D eigenvalue weighted by atomic mass is 32.2. The van der Waals surface area contributed by atoms with E-state index < -0.39 is 10.0 Å². The van der Waals surface area contributed by atoms with Crippen LogP contribution in [0.2, 0.25) is 0 Å². The zero-order valence-corrected chi connectivity index (χ0v) is 11.1. The summed E-state index contributed by atoms with van der Waals surface area (Å²) in [5.74, 6) is 0. The second kappa shape index (κ2) is 6.02. The van der Waals surface area contributed by atoms with Crippen molar-refractivity contribution in [2.24, 2.45) is 5.14 Å². The molecule has 96 valence electrons. The lowest BCUT2D eigenvalue weighted by Crippen LogP contribution is -2.16. The molecule has 5 heteroatoms. The van der Waals surface area contributed by atoms with Crippen molar-refractivity contribution in [1.82, 2.24) is 0 Å². The first-order valence-corrected chi connectivity index (χ1v) is 7.37. The van der Waals surface area contributed by atoms with E-state index in [0.717, 1.165) is 24.9 Å². The molecule has 1 aromatic rings. The Morgan fingerprint density at radius 1 is 1.41 bits per heavy atom. The highest BCUT2D eigenvalue weighted by Gasteiger charge is 2.08. The van der Waals surface area contributed by atoms with E-state index in [9.17, 15) is 8.42 Å². The average molecular weight is 256 g/mol. The maximum Gasteiger partial charge on any atom is 0.238 e. The van der Waals surface area contributed by atoms with Gasteiger partial charge in [-0.15, -0.1) is 0 Å². The quantitative estimate of drug-likeness (QED) is 0.820. The summed E-state index contributed by atoms with van der Waals surface area (Å²) in [6.45, 7) is 4.23. The van der Waals surface area contributed by atoms with Gasteiger partial charge in [0.25, 0.3) is 0 Å². The molecule has 0 bridgehead atoms. The van der Waals surface area contributed by atoms with Crippen LogP contribution in [0.1, 0.15) is 33.1 Å². The van der Waals surface area contributed by atoms with Crippen LogP contribution in [0.4, 0.5) is 5.69 Å². The fraction of sp³-hybridized carbons (Fsp3) is 0.500. The lowest BCUT2D eigenvalue weighted by molar-refractivity contribution is 0.597. The first-order chi connectivity index (χ1) is 7.93. The molecule has 17 heavy (non-hydrogen) atoms. The van der Waals surface area contributed by atoms with E-state index in [4.69, 9.17) is 5.14 Å². The molecule has 4 nitrogen and oxygen atoms in total. The molecule has 0 saturated carbocycles. The van der Waals surface area contributed by atoms with Crippen LogP contribution in [0.5, 0.6) is 0 Å². The number of unbranched alkanes of at least 4 members (excludes halogenated alkanes) is 1. The maximum absolute atomic E-state index is 11.2. The van der Waals surface area contributed by atoms with Crippen molar-refractivity contribution in [3.8, 4) is 0 Å². The van der Waals surface area contributed by atoms with Gasteiger partial charge in [0, 0.05) is 11.7 Å². The Morgan fingerprint density at radius 2 is 2.12 bits per heavy atom. The van der Waals surface area contributed by atoms with E-state index in [1.165, 1.54) is 6.07 Å². The van der Waals surface area contributed by atoms with E-state index >= 15 is 0 Å². The van der Waals surface area contributed by atoms with Crippen LogP contribution in [0.15, 0.2) is 29.2 Å². The molecule has 0 aliphatic rings. The molecule has 0 aliphatic heterocycles. The Hall–Kier alpha value is -1.07. The minimum atomic E-state index is -3.62. The summed E-state index contributed by atoms with van der Waals surface area (Å²) in [6, 6.07) is 6.92. The Kier molecular flexibility index (Phi) is 4.96. The van der Waals surface area contributed by atoms with Crippen molar-refractivity contribution >= 4 is 15.7 Å². The second-order valence-electron chi connectivity index (χ2n) is 4.26. The summed E-state index contributed by atoms with van der Waals surface area (Å²) in [6.07, 6.45) is 3.38. The molecule has 0 heterocycles. The highest BCUT2D eigenvalue weighted by Crippen LogP contribution is 2.16. The van der Waals surface area contributed by atoms with Crippen LogP contribution in [0.25, 0.3) is 0 Å². The number of hydrogen-bond acceptors (Lipinski definition) is 3. The summed E-state index contributed by atoms with van der Waals surface area (Å²) < 4.78 is 22.4. The molecule has 0 amide bonds.